The number of nitro groups is 1. The first-order valence-corrected chi connectivity index (χ1v) is 5.58. The predicted molar refractivity (Wildman–Crippen MR) is 57.8 cm³/mol. The second kappa shape index (κ2) is 6.00. The van der Waals surface area contributed by atoms with Crippen LogP contribution in [-0.4, -0.2) is 45.2 Å². The number of amides is 1. The van der Waals surface area contributed by atoms with Crippen molar-refractivity contribution in [2.45, 2.75) is 24.6 Å². The number of halogens is 7. The molecule has 0 spiro atoms. The number of carbonyl (C=O) groups excluding carboxylic acids is 1. The van der Waals surface area contributed by atoms with Crippen LogP contribution in [0.5, 0.6) is 0 Å². The van der Waals surface area contributed by atoms with E-state index in [2.05, 4.69) is 5.10 Å². The van der Waals surface area contributed by atoms with Crippen LogP contribution in [0.1, 0.15) is 0 Å². The molecule has 1 rings (SSSR count). The number of carbonyl (C=O) groups is 1. The van der Waals surface area contributed by atoms with Crippen molar-refractivity contribution in [1.82, 2.24) is 15.1 Å². The molecule has 1 amide bonds. The molecule has 1 heterocycles. The summed E-state index contributed by atoms with van der Waals surface area (Å²) in [4.78, 5) is 20.4. The molecule has 0 aliphatic rings. The largest absolute Gasteiger partial charge is 0.460 e. The summed E-state index contributed by atoms with van der Waals surface area (Å²) in [5, 5.41) is 14.9. The molecule has 7 nitrogen and oxygen atoms in total. The van der Waals surface area contributed by atoms with E-state index < -0.39 is 47.6 Å². The van der Waals surface area contributed by atoms with Crippen LogP contribution in [-0.2, 0) is 11.3 Å². The topological polar surface area (TPSA) is 90.1 Å². The van der Waals surface area contributed by atoms with Gasteiger partial charge in [0.1, 0.15) is 12.4 Å². The Morgan fingerprint density at radius 1 is 1.26 bits per heavy atom. The van der Waals surface area contributed by atoms with Crippen LogP contribution in [0.25, 0.3) is 0 Å². The van der Waals surface area contributed by atoms with Gasteiger partial charge in [0.15, 0.2) is 0 Å². The lowest BCUT2D eigenvalue weighted by Gasteiger charge is -2.27. The second-order valence-electron chi connectivity index (χ2n) is 4.12. The minimum atomic E-state index is -6.61. The summed E-state index contributed by atoms with van der Waals surface area (Å²) in [5.74, 6) is -15.4. The van der Waals surface area contributed by atoms with Crippen LogP contribution in [0.15, 0.2) is 12.4 Å². The van der Waals surface area contributed by atoms with Crippen LogP contribution in [0.4, 0.5) is 36.4 Å². The van der Waals surface area contributed by atoms with Crippen molar-refractivity contribution in [2.24, 2.45) is 0 Å². The minimum Gasteiger partial charge on any atom is -0.349 e. The van der Waals surface area contributed by atoms with Gasteiger partial charge in [0.2, 0.25) is 0 Å². The van der Waals surface area contributed by atoms with E-state index in [4.69, 9.17) is 0 Å². The van der Waals surface area contributed by atoms with E-state index in [1.165, 1.54) is 5.32 Å². The highest BCUT2D eigenvalue weighted by molar-refractivity contribution is 5.84. The molecule has 0 aromatic carbocycles. The van der Waals surface area contributed by atoms with Gasteiger partial charge in [0, 0.05) is 6.54 Å². The van der Waals surface area contributed by atoms with Gasteiger partial charge in [-0.25, -0.2) is 0 Å². The van der Waals surface area contributed by atoms with Gasteiger partial charge in [-0.2, -0.15) is 35.8 Å². The Kier molecular flexibility index (Phi) is 4.86. The summed E-state index contributed by atoms with van der Waals surface area (Å²) in [6.45, 7) is -1.27. The molecular formula is C9H7F7N4O3. The summed E-state index contributed by atoms with van der Waals surface area (Å²) in [6.07, 6.45) is -4.99. The fourth-order valence-corrected chi connectivity index (χ4v) is 1.28. The van der Waals surface area contributed by atoms with Gasteiger partial charge in [0.05, 0.1) is 11.5 Å². The molecule has 1 aromatic rings. The van der Waals surface area contributed by atoms with Crippen LogP contribution < -0.4 is 5.32 Å². The lowest BCUT2D eigenvalue weighted by Crippen LogP contribution is -2.59. The van der Waals surface area contributed by atoms with Crippen LogP contribution in [0.3, 0.4) is 0 Å². The molecule has 1 aromatic heterocycles. The first-order valence-electron chi connectivity index (χ1n) is 5.58. The van der Waals surface area contributed by atoms with Crippen molar-refractivity contribution in [3.63, 3.8) is 0 Å². The number of hydrogen-bond donors (Lipinski definition) is 1. The van der Waals surface area contributed by atoms with E-state index in [0.29, 0.717) is 0 Å². The van der Waals surface area contributed by atoms with E-state index in [-0.39, 0.29) is 0 Å². The van der Waals surface area contributed by atoms with Crippen molar-refractivity contribution in [1.29, 1.82) is 0 Å². The molecule has 0 fully saturated rings. The first-order chi connectivity index (χ1) is 10.3. The number of nitrogens with zero attached hydrogens (tertiary/aromatic N) is 3. The normalized spacial score (nSPS) is 13.0. The molecule has 130 valence electrons. The minimum absolute atomic E-state index is 0.465. The molecular weight excluding hydrogens is 345 g/mol. The lowest BCUT2D eigenvalue weighted by molar-refractivity contribution is -0.385. The maximum Gasteiger partial charge on any atom is 0.460 e. The smallest absolute Gasteiger partial charge is 0.349 e. The average Bonchev–Trinajstić information content (AvgIpc) is 2.86. The summed E-state index contributed by atoms with van der Waals surface area (Å²) in [7, 11) is 0. The fourth-order valence-electron chi connectivity index (χ4n) is 1.28. The van der Waals surface area contributed by atoms with E-state index >= 15 is 0 Å². The zero-order valence-electron chi connectivity index (χ0n) is 10.8. The van der Waals surface area contributed by atoms with Gasteiger partial charge < -0.3 is 5.32 Å². The van der Waals surface area contributed by atoms with Gasteiger partial charge in [-0.15, -0.1) is 0 Å². The maximum absolute atomic E-state index is 12.9. The Morgan fingerprint density at radius 3 is 2.26 bits per heavy atom. The summed E-state index contributed by atoms with van der Waals surface area (Å²) in [5.41, 5.74) is -0.467. The molecule has 23 heavy (non-hydrogen) atoms. The van der Waals surface area contributed by atoms with Gasteiger partial charge >= 0.3 is 23.7 Å². The van der Waals surface area contributed by atoms with Gasteiger partial charge in [-0.1, -0.05) is 0 Å². The van der Waals surface area contributed by atoms with Crippen molar-refractivity contribution < 1.29 is 40.5 Å². The van der Waals surface area contributed by atoms with Crippen LogP contribution in [0, 0.1) is 10.1 Å². The number of rotatable bonds is 6. The van der Waals surface area contributed by atoms with E-state index in [1.54, 1.807) is 0 Å². The van der Waals surface area contributed by atoms with Gasteiger partial charge in [-0.3, -0.25) is 19.6 Å². The molecule has 14 heteroatoms. The molecule has 0 unspecified atom stereocenters. The highest BCUT2D eigenvalue weighted by Crippen LogP contribution is 2.46. The molecule has 0 saturated heterocycles. The van der Waals surface area contributed by atoms with E-state index in [0.717, 1.165) is 17.1 Å². The van der Waals surface area contributed by atoms with Crippen molar-refractivity contribution >= 4 is 11.6 Å². The third kappa shape index (κ3) is 3.68. The molecule has 1 N–H and O–H groups in total. The molecule has 0 atom stereocenters. The molecule has 0 aliphatic carbocycles. The van der Waals surface area contributed by atoms with E-state index in [1.807, 2.05) is 0 Å². The average molecular weight is 352 g/mol. The van der Waals surface area contributed by atoms with Crippen LogP contribution in [0.2, 0.25) is 0 Å². The van der Waals surface area contributed by atoms with Crippen molar-refractivity contribution in [2.75, 3.05) is 6.54 Å². The summed E-state index contributed by atoms with van der Waals surface area (Å²) < 4.78 is 87.4. The van der Waals surface area contributed by atoms with Crippen molar-refractivity contribution in [3.05, 3.63) is 22.5 Å². The fraction of sp³-hybridized carbons (Fsp3) is 0.556. The number of nitrogens with one attached hydrogen (secondary N) is 1. The third-order valence-electron chi connectivity index (χ3n) is 2.49. The highest BCUT2D eigenvalue weighted by Gasteiger charge is 2.76. The Labute approximate surface area is 122 Å². The maximum atomic E-state index is 12.9. The zero-order chi connectivity index (χ0) is 18.1. The lowest BCUT2D eigenvalue weighted by atomic mass is 10.1. The third-order valence-corrected chi connectivity index (χ3v) is 2.49. The Morgan fingerprint density at radius 2 is 1.83 bits per heavy atom. The molecule has 0 aliphatic heterocycles. The Bertz CT molecular complexity index is 598. The van der Waals surface area contributed by atoms with Crippen molar-refractivity contribution in [3.8, 4) is 0 Å². The molecule has 0 radical (unpaired) electrons. The number of hydrogen-bond acceptors (Lipinski definition) is 4. The second-order valence-corrected chi connectivity index (χ2v) is 4.12. The standard InChI is InChI=1S/C9H7F7N4O3/c10-7(11,8(12,13)9(14,15)16)6(21)17-1-2-19-4-5(3-18-19)20(22)23/h3-4H,1-2H2,(H,17,21). The summed E-state index contributed by atoms with van der Waals surface area (Å²) >= 11 is 0. The SMILES string of the molecule is O=C(NCCn1cc([N+](=O)[O-])cn1)C(F)(F)C(F)(F)C(F)(F)F. The zero-order valence-corrected chi connectivity index (χ0v) is 10.8. The predicted octanol–water partition coefficient (Wildman–Crippen LogP) is 1.74. The Hall–Kier alpha value is -2.41. The van der Waals surface area contributed by atoms with Gasteiger partial charge in [-0.05, 0) is 0 Å². The summed E-state index contributed by atoms with van der Waals surface area (Å²) in [6, 6.07) is 0. The molecule has 0 bridgehead atoms. The number of aromatic nitrogens is 2. The molecule has 0 saturated carbocycles. The van der Waals surface area contributed by atoms with Crippen LogP contribution >= 0.6 is 0 Å². The van der Waals surface area contributed by atoms with Gasteiger partial charge in [0.25, 0.3) is 5.91 Å². The monoisotopic (exact) mass is 352 g/mol. The first kappa shape index (κ1) is 18.6. The number of alkyl halides is 7. The van der Waals surface area contributed by atoms with E-state index in [9.17, 15) is 45.6 Å². The Balaban J connectivity index is 2.66. The quantitative estimate of drug-likeness (QED) is 0.480. The highest BCUT2D eigenvalue weighted by atomic mass is 19.4.